The Kier molecular flexibility index (Phi) is 6.89. The van der Waals surface area contributed by atoms with Crippen molar-refractivity contribution in [2.45, 2.75) is 50.2 Å². The molecule has 0 bridgehead atoms. The number of hydrogen-bond donors (Lipinski definition) is 1. The van der Waals surface area contributed by atoms with E-state index in [0.29, 0.717) is 33.9 Å². The van der Waals surface area contributed by atoms with Gasteiger partial charge in [0.25, 0.3) is 0 Å². The van der Waals surface area contributed by atoms with Crippen molar-refractivity contribution in [3.8, 4) is 17.7 Å². The van der Waals surface area contributed by atoms with Crippen LogP contribution in [0.5, 0.6) is 0 Å². The van der Waals surface area contributed by atoms with Crippen LogP contribution in [0.1, 0.15) is 41.7 Å². The van der Waals surface area contributed by atoms with Gasteiger partial charge in [-0.05, 0) is 43.4 Å². The predicted octanol–water partition coefficient (Wildman–Crippen LogP) is 5.05. The molecule has 31 heavy (non-hydrogen) atoms. The standard InChI is InChI=1S/C22H23N5O2S2/c1-2-11-27-20(17-9-7-12-29-17)25-26-22(27)30-14-19(28)24-21-16(13-23)15-8-5-3-4-6-10-18(15)31-21/h2,7,9,12H,1,3-6,8,10-11,14H2,(H,24,28). The summed E-state index contributed by atoms with van der Waals surface area (Å²) in [6, 6.07) is 5.93. The molecular weight excluding hydrogens is 430 g/mol. The molecule has 0 aliphatic heterocycles. The monoisotopic (exact) mass is 453 g/mol. The second kappa shape index (κ2) is 9.98. The molecule has 3 heterocycles. The summed E-state index contributed by atoms with van der Waals surface area (Å²) < 4.78 is 7.29. The Balaban J connectivity index is 1.46. The number of aromatic nitrogens is 3. The van der Waals surface area contributed by atoms with Gasteiger partial charge in [-0.15, -0.1) is 28.1 Å². The van der Waals surface area contributed by atoms with Gasteiger partial charge in [0.1, 0.15) is 11.1 Å². The number of rotatable bonds is 7. The van der Waals surface area contributed by atoms with E-state index in [1.807, 2.05) is 10.6 Å². The van der Waals surface area contributed by atoms with Gasteiger partial charge in [-0.2, -0.15) is 5.26 Å². The molecule has 0 spiro atoms. The number of anilines is 1. The van der Waals surface area contributed by atoms with Gasteiger partial charge in [-0.25, -0.2) is 0 Å². The molecule has 0 atom stereocenters. The summed E-state index contributed by atoms with van der Waals surface area (Å²) >= 11 is 2.85. The van der Waals surface area contributed by atoms with Crippen LogP contribution < -0.4 is 5.32 Å². The number of furan rings is 1. The van der Waals surface area contributed by atoms with Gasteiger partial charge < -0.3 is 9.73 Å². The molecule has 1 aliphatic rings. The molecule has 4 rings (SSSR count). The van der Waals surface area contributed by atoms with Crippen molar-refractivity contribution in [1.29, 1.82) is 5.26 Å². The molecule has 3 aromatic rings. The van der Waals surface area contributed by atoms with Crippen LogP contribution in [0.25, 0.3) is 11.6 Å². The van der Waals surface area contributed by atoms with E-state index in [2.05, 4.69) is 28.2 Å². The van der Waals surface area contributed by atoms with Gasteiger partial charge in [0.05, 0.1) is 17.6 Å². The second-order valence-corrected chi connectivity index (χ2v) is 9.30. The highest BCUT2D eigenvalue weighted by molar-refractivity contribution is 7.99. The molecule has 0 saturated heterocycles. The first-order valence-electron chi connectivity index (χ1n) is 10.3. The molecule has 1 N–H and O–H groups in total. The molecular formula is C22H23N5O2S2. The van der Waals surface area contributed by atoms with Crippen LogP contribution in [0.3, 0.4) is 0 Å². The number of carbonyl (C=O) groups excluding carboxylic acids is 1. The first kappa shape index (κ1) is 21.4. The minimum Gasteiger partial charge on any atom is -0.461 e. The Hall–Kier alpha value is -2.83. The number of aryl methyl sites for hydroxylation is 1. The molecule has 0 fully saturated rings. The van der Waals surface area contributed by atoms with Crippen LogP contribution >= 0.6 is 23.1 Å². The van der Waals surface area contributed by atoms with E-state index in [9.17, 15) is 10.1 Å². The molecule has 0 unspecified atom stereocenters. The molecule has 160 valence electrons. The lowest BCUT2D eigenvalue weighted by atomic mass is 9.97. The van der Waals surface area contributed by atoms with Crippen molar-refractivity contribution in [2.75, 3.05) is 11.1 Å². The Morgan fingerprint density at radius 3 is 2.94 bits per heavy atom. The van der Waals surface area contributed by atoms with Crippen LogP contribution in [0.15, 0.2) is 40.6 Å². The Labute approximate surface area is 189 Å². The highest BCUT2D eigenvalue weighted by Crippen LogP contribution is 2.36. The maximum atomic E-state index is 12.7. The van der Waals surface area contributed by atoms with E-state index < -0.39 is 0 Å². The van der Waals surface area contributed by atoms with Gasteiger partial charge >= 0.3 is 0 Å². The predicted molar refractivity (Wildman–Crippen MR) is 122 cm³/mol. The fourth-order valence-corrected chi connectivity index (χ4v) is 5.70. The van der Waals surface area contributed by atoms with E-state index in [0.717, 1.165) is 31.2 Å². The number of nitrogens with zero attached hydrogens (tertiary/aromatic N) is 4. The van der Waals surface area contributed by atoms with Crippen LogP contribution in [-0.4, -0.2) is 26.4 Å². The average Bonchev–Trinajstić information content (AvgIpc) is 3.46. The van der Waals surface area contributed by atoms with E-state index >= 15 is 0 Å². The maximum Gasteiger partial charge on any atom is 0.235 e. The Morgan fingerprint density at radius 2 is 2.19 bits per heavy atom. The van der Waals surface area contributed by atoms with E-state index in [-0.39, 0.29) is 11.7 Å². The molecule has 1 aliphatic carbocycles. The zero-order chi connectivity index (χ0) is 21.6. The van der Waals surface area contributed by atoms with Gasteiger partial charge in [-0.1, -0.05) is 30.7 Å². The number of fused-ring (bicyclic) bond motifs is 1. The van der Waals surface area contributed by atoms with Crippen LogP contribution in [0.4, 0.5) is 5.00 Å². The summed E-state index contributed by atoms with van der Waals surface area (Å²) in [6.45, 7) is 4.29. The normalized spacial score (nSPS) is 13.6. The number of thiophene rings is 1. The van der Waals surface area contributed by atoms with Crippen molar-refractivity contribution in [1.82, 2.24) is 14.8 Å². The summed E-state index contributed by atoms with van der Waals surface area (Å²) in [4.78, 5) is 13.9. The highest BCUT2D eigenvalue weighted by Gasteiger charge is 2.21. The third kappa shape index (κ3) is 4.75. The van der Waals surface area contributed by atoms with Crippen LogP contribution in [0.2, 0.25) is 0 Å². The lowest BCUT2D eigenvalue weighted by Gasteiger charge is -2.08. The lowest BCUT2D eigenvalue weighted by Crippen LogP contribution is -2.14. The van der Waals surface area contributed by atoms with Crippen molar-refractivity contribution in [3.05, 3.63) is 47.1 Å². The molecule has 9 heteroatoms. The number of allylic oxidation sites excluding steroid dienone is 1. The fraction of sp³-hybridized carbons (Fsp3) is 0.364. The third-order valence-electron chi connectivity index (χ3n) is 5.14. The zero-order valence-electron chi connectivity index (χ0n) is 17.1. The summed E-state index contributed by atoms with van der Waals surface area (Å²) in [5, 5.41) is 22.4. The number of carbonyl (C=O) groups is 1. The molecule has 0 aromatic carbocycles. The minimum atomic E-state index is -0.163. The Morgan fingerprint density at radius 1 is 1.35 bits per heavy atom. The van der Waals surface area contributed by atoms with Crippen molar-refractivity contribution in [3.63, 3.8) is 0 Å². The van der Waals surface area contributed by atoms with Crippen molar-refractivity contribution < 1.29 is 9.21 Å². The topological polar surface area (TPSA) is 96.7 Å². The number of hydrogen-bond acceptors (Lipinski definition) is 7. The quantitative estimate of drug-likeness (QED) is 0.397. The van der Waals surface area contributed by atoms with E-state index in [1.54, 1.807) is 29.7 Å². The molecule has 7 nitrogen and oxygen atoms in total. The maximum absolute atomic E-state index is 12.7. The van der Waals surface area contributed by atoms with E-state index in [1.165, 1.54) is 29.5 Å². The van der Waals surface area contributed by atoms with Crippen molar-refractivity contribution in [2.24, 2.45) is 0 Å². The summed E-state index contributed by atoms with van der Waals surface area (Å²) in [6.07, 6.45) is 9.89. The fourth-order valence-electron chi connectivity index (χ4n) is 3.70. The molecule has 1 amide bonds. The number of thioether (sulfide) groups is 1. The minimum absolute atomic E-state index is 0.163. The van der Waals surface area contributed by atoms with Gasteiger partial charge in [0, 0.05) is 11.4 Å². The average molecular weight is 454 g/mol. The number of nitriles is 1. The van der Waals surface area contributed by atoms with E-state index in [4.69, 9.17) is 4.42 Å². The van der Waals surface area contributed by atoms with Gasteiger partial charge in [-0.3, -0.25) is 9.36 Å². The summed E-state index contributed by atoms with van der Waals surface area (Å²) in [7, 11) is 0. The second-order valence-electron chi connectivity index (χ2n) is 7.25. The first-order chi connectivity index (χ1) is 15.2. The van der Waals surface area contributed by atoms with Crippen LogP contribution in [0, 0.1) is 11.3 Å². The summed E-state index contributed by atoms with van der Waals surface area (Å²) in [5.74, 6) is 1.21. The zero-order valence-corrected chi connectivity index (χ0v) is 18.7. The largest absolute Gasteiger partial charge is 0.461 e. The number of amides is 1. The molecule has 0 saturated carbocycles. The van der Waals surface area contributed by atoms with Crippen molar-refractivity contribution >= 4 is 34.0 Å². The third-order valence-corrected chi connectivity index (χ3v) is 7.31. The lowest BCUT2D eigenvalue weighted by molar-refractivity contribution is -0.113. The molecule has 0 radical (unpaired) electrons. The molecule has 3 aromatic heterocycles. The number of nitrogens with one attached hydrogen (secondary N) is 1. The summed E-state index contributed by atoms with van der Waals surface area (Å²) in [5.41, 5.74) is 1.76. The Bertz CT molecular complexity index is 1110. The van der Waals surface area contributed by atoms with Gasteiger partial charge in [0.15, 0.2) is 10.9 Å². The smallest absolute Gasteiger partial charge is 0.235 e. The van der Waals surface area contributed by atoms with Gasteiger partial charge in [0.2, 0.25) is 11.7 Å². The SMILES string of the molecule is C=CCn1c(SCC(=O)Nc2sc3c(c2C#N)CCCCCC3)nnc1-c1ccco1. The highest BCUT2D eigenvalue weighted by atomic mass is 32.2. The first-order valence-corrected chi connectivity index (χ1v) is 12.1. The van der Waals surface area contributed by atoms with Crippen LogP contribution in [-0.2, 0) is 24.2 Å².